The lowest BCUT2D eigenvalue weighted by atomic mass is 10.5. The zero-order chi connectivity index (χ0) is 8.53. The molecule has 11 heavy (non-hydrogen) atoms. The van der Waals surface area contributed by atoms with Gasteiger partial charge in [-0.3, -0.25) is 0 Å². The van der Waals surface area contributed by atoms with Crippen molar-refractivity contribution < 1.29 is 9.53 Å². The van der Waals surface area contributed by atoms with Crippen LogP contribution in [0.25, 0.3) is 0 Å². The van der Waals surface area contributed by atoms with E-state index in [1.54, 1.807) is 0 Å². The van der Waals surface area contributed by atoms with E-state index in [9.17, 15) is 4.79 Å². The van der Waals surface area contributed by atoms with Gasteiger partial charge in [0.05, 0.1) is 12.5 Å². The van der Waals surface area contributed by atoms with Gasteiger partial charge in [-0.05, 0) is 0 Å². The first-order valence-corrected chi connectivity index (χ1v) is 3.21. The predicted octanol–water partition coefficient (Wildman–Crippen LogP) is -0.0418. The lowest BCUT2D eigenvalue weighted by Crippen LogP contribution is -2.03. The third-order valence-electron chi connectivity index (χ3n) is 0.848. The van der Waals surface area contributed by atoms with Crippen molar-refractivity contribution in [1.29, 1.82) is 5.26 Å². The molecule has 0 aliphatic carbocycles. The Morgan fingerprint density at radius 3 is 3.00 bits per heavy atom. The fraction of sp³-hybridized carbons (Fsp3) is 0.429. The zero-order valence-corrected chi connectivity index (χ0v) is 6.12. The van der Waals surface area contributed by atoms with Crippen molar-refractivity contribution in [3.8, 4) is 6.07 Å². The lowest BCUT2D eigenvalue weighted by molar-refractivity contribution is -0.137. The first kappa shape index (κ1) is 9.66. The molecule has 0 aromatic carbocycles. The van der Waals surface area contributed by atoms with Gasteiger partial charge in [0.1, 0.15) is 6.61 Å². The molecule has 4 heteroatoms. The Morgan fingerprint density at radius 2 is 2.45 bits per heavy atom. The molecular formula is C7H10N2O2. The van der Waals surface area contributed by atoms with Crippen molar-refractivity contribution in [2.75, 3.05) is 13.2 Å². The maximum absolute atomic E-state index is 10.6. The maximum Gasteiger partial charge on any atom is 0.330 e. The molecule has 0 amide bonds. The molecule has 0 heterocycles. The van der Waals surface area contributed by atoms with Crippen LogP contribution >= 0.6 is 0 Å². The number of nitrogens with zero attached hydrogens (tertiary/aromatic N) is 1. The van der Waals surface area contributed by atoms with Gasteiger partial charge in [0.25, 0.3) is 0 Å². The molecule has 0 aliphatic heterocycles. The number of nitrogens with two attached hydrogens (primary N) is 1. The highest BCUT2D eigenvalue weighted by molar-refractivity contribution is 5.81. The highest BCUT2D eigenvalue weighted by Crippen LogP contribution is 1.83. The molecule has 0 aliphatic rings. The fourth-order valence-corrected chi connectivity index (χ4v) is 0.410. The van der Waals surface area contributed by atoms with Crippen molar-refractivity contribution >= 4 is 5.97 Å². The number of nitriles is 1. The lowest BCUT2D eigenvalue weighted by Gasteiger charge is -1.94. The van der Waals surface area contributed by atoms with Gasteiger partial charge in [-0.15, -0.1) is 0 Å². The second-order valence-electron chi connectivity index (χ2n) is 1.71. The van der Waals surface area contributed by atoms with Crippen LogP contribution < -0.4 is 5.73 Å². The van der Waals surface area contributed by atoms with Crippen LogP contribution in [0, 0.1) is 11.3 Å². The molecule has 0 bridgehead atoms. The van der Waals surface area contributed by atoms with E-state index < -0.39 is 5.97 Å². The molecule has 0 radical (unpaired) electrons. The van der Waals surface area contributed by atoms with Gasteiger partial charge in [0.15, 0.2) is 0 Å². The van der Waals surface area contributed by atoms with Gasteiger partial charge in [-0.25, -0.2) is 4.79 Å². The summed E-state index contributed by atoms with van der Waals surface area (Å²) in [7, 11) is 0. The molecule has 0 rings (SSSR count). The van der Waals surface area contributed by atoms with Crippen LogP contribution in [0.5, 0.6) is 0 Å². The van der Waals surface area contributed by atoms with E-state index in [0.29, 0.717) is 6.54 Å². The minimum Gasteiger partial charge on any atom is -0.461 e. The summed E-state index contributed by atoms with van der Waals surface area (Å²) in [4.78, 5) is 10.6. The quantitative estimate of drug-likeness (QED) is 0.350. The predicted molar refractivity (Wildman–Crippen MR) is 39.4 cm³/mol. The minimum atomic E-state index is -0.453. The fourth-order valence-electron chi connectivity index (χ4n) is 0.410. The normalized spacial score (nSPS) is 9.45. The average molecular weight is 154 g/mol. The summed E-state index contributed by atoms with van der Waals surface area (Å²) in [5.41, 5.74) is 5.08. The topological polar surface area (TPSA) is 76.1 Å². The number of carbonyl (C=O) groups excluding carboxylic acids is 1. The van der Waals surface area contributed by atoms with E-state index in [1.165, 1.54) is 12.2 Å². The number of esters is 1. The highest BCUT2D eigenvalue weighted by atomic mass is 16.5. The number of ether oxygens (including phenoxy) is 1. The first-order valence-electron chi connectivity index (χ1n) is 3.21. The molecule has 0 aromatic rings. The molecule has 0 unspecified atom stereocenters. The molecule has 60 valence electrons. The van der Waals surface area contributed by atoms with Crippen molar-refractivity contribution in [3.63, 3.8) is 0 Å². The van der Waals surface area contributed by atoms with Crippen LogP contribution in [-0.4, -0.2) is 19.1 Å². The molecule has 4 nitrogen and oxygen atoms in total. The molecule has 0 saturated heterocycles. The second kappa shape index (κ2) is 6.78. The van der Waals surface area contributed by atoms with Crippen molar-refractivity contribution in [2.24, 2.45) is 5.73 Å². The van der Waals surface area contributed by atoms with Crippen LogP contribution in [0.1, 0.15) is 6.42 Å². The highest BCUT2D eigenvalue weighted by Gasteiger charge is 1.93. The molecule has 2 N–H and O–H groups in total. The van der Waals surface area contributed by atoms with Gasteiger partial charge >= 0.3 is 5.97 Å². The molecule has 0 saturated carbocycles. The van der Waals surface area contributed by atoms with E-state index >= 15 is 0 Å². The van der Waals surface area contributed by atoms with Crippen LogP contribution in [0.2, 0.25) is 0 Å². The summed E-state index contributed by atoms with van der Waals surface area (Å²) in [6.45, 7) is 0.456. The summed E-state index contributed by atoms with van der Waals surface area (Å²) in [6, 6.07) is 1.85. The van der Waals surface area contributed by atoms with Crippen LogP contribution in [-0.2, 0) is 9.53 Å². The average Bonchev–Trinajstić information content (AvgIpc) is 2.01. The molecule has 0 fully saturated rings. The molecular weight excluding hydrogens is 144 g/mol. The minimum absolute atomic E-state index is 0.143. The van der Waals surface area contributed by atoms with Crippen molar-refractivity contribution in [1.82, 2.24) is 0 Å². The molecule has 0 spiro atoms. The van der Waals surface area contributed by atoms with Crippen LogP contribution in [0.4, 0.5) is 0 Å². The summed E-state index contributed by atoms with van der Waals surface area (Å²) in [6.07, 6.45) is 2.97. The van der Waals surface area contributed by atoms with E-state index in [4.69, 9.17) is 11.0 Å². The summed E-state index contributed by atoms with van der Waals surface area (Å²) in [5.74, 6) is -0.453. The third kappa shape index (κ3) is 6.55. The SMILES string of the molecule is N#CCCOC(=O)/C=C/CN. The number of hydrogen-bond donors (Lipinski definition) is 1. The second-order valence-corrected chi connectivity index (χ2v) is 1.71. The van der Waals surface area contributed by atoms with E-state index in [0.717, 1.165) is 0 Å². The van der Waals surface area contributed by atoms with Crippen molar-refractivity contribution in [3.05, 3.63) is 12.2 Å². The molecule has 0 aromatic heterocycles. The van der Waals surface area contributed by atoms with Gasteiger partial charge in [0.2, 0.25) is 0 Å². The van der Waals surface area contributed by atoms with Gasteiger partial charge in [0, 0.05) is 12.6 Å². The maximum atomic E-state index is 10.6. The Labute approximate surface area is 65.2 Å². The monoisotopic (exact) mass is 154 g/mol. The van der Waals surface area contributed by atoms with Gasteiger partial charge < -0.3 is 10.5 Å². The first-order chi connectivity index (χ1) is 5.31. The summed E-state index contributed by atoms with van der Waals surface area (Å²) >= 11 is 0. The van der Waals surface area contributed by atoms with Crippen LogP contribution in [0.3, 0.4) is 0 Å². The Morgan fingerprint density at radius 1 is 1.73 bits per heavy atom. The summed E-state index contributed by atoms with van der Waals surface area (Å²) < 4.78 is 4.58. The zero-order valence-electron chi connectivity index (χ0n) is 6.12. The Bertz CT molecular complexity index is 181. The van der Waals surface area contributed by atoms with Gasteiger partial charge in [-0.2, -0.15) is 5.26 Å². The number of carbonyl (C=O) groups is 1. The standard InChI is InChI=1S/C7H10N2O2/c8-4-1-3-7(10)11-6-2-5-9/h1,3H,2,4,6,8H2/b3-1+. The number of rotatable bonds is 4. The smallest absolute Gasteiger partial charge is 0.330 e. The van der Waals surface area contributed by atoms with Crippen molar-refractivity contribution in [2.45, 2.75) is 6.42 Å². The van der Waals surface area contributed by atoms with Crippen LogP contribution in [0.15, 0.2) is 12.2 Å². The Kier molecular flexibility index (Phi) is 5.95. The van der Waals surface area contributed by atoms with E-state index in [1.807, 2.05) is 6.07 Å². The summed E-state index contributed by atoms with van der Waals surface area (Å²) in [5, 5.41) is 8.08. The molecule has 0 atom stereocenters. The Hall–Kier alpha value is -1.34. The van der Waals surface area contributed by atoms with Gasteiger partial charge in [-0.1, -0.05) is 6.08 Å². The Balaban J connectivity index is 3.39. The van der Waals surface area contributed by atoms with E-state index in [-0.39, 0.29) is 13.0 Å². The largest absolute Gasteiger partial charge is 0.461 e. The number of hydrogen-bond acceptors (Lipinski definition) is 4. The third-order valence-corrected chi connectivity index (χ3v) is 0.848. The van der Waals surface area contributed by atoms with E-state index in [2.05, 4.69) is 4.74 Å².